The van der Waals surface area contributed by atoms with Crippen molar-refractivity contribution < 1.29 is 4.74 Å². The van der Waals surface area contributed by atoms with Crippen LogP contribution in [0, 0.1) is 22.7 Å². The smallest absolute Gasteiger partial charge is 0.119 e. The first-order valence-electron chi connectivity index (χ1n) is 9.62. The minimum atomic E-state index is 0.311. The topological polar surface area (TPSA) is 39.5 Å². The van der Waals surface area contributed by atoms with Gasteiger partial charge in [-0.3, -0.25) is 0 Å². The second-order valence-electron chi connectivity index (χ2n) is 8.18. The number of unbranched alkanes of at least 4 members (excludes halogenated alkanes) is 1. The highest BCUT2D eigenvalue weighted by Crippen LogP contribution is 2.43. The second-order valence-corrected chi connectivity index (χ2v) is 8.18. The first-order chi connectivity index (χ1) is 12.0. The molecule has 3 fully saturated rings. The largest absolute Gasteiger partial charge is 0.494 e. The van der Waals surface area contributed by atoms with Crippen LogP contribution < -0.4 is 9.64 Å². The van der Waals surface area contributed by atoms with Gasteiger partial charge >= 0.3 is 0 Å². The Balaban J connectivity index is 1.78. The molecule has 3 heterocycles. The maximum Gasteiger partial charge on any atom is 0.119 e. The number of piperidine rings is 1. The molecule has 0 aromatic heterocycles. The molecule has 0 radical (unpaired) electrons. The van der Waals surface area contributed by atoms with Crippen molar-refractivity contribution in [2.24, 2.45) is 11.3 Å². The molecule has 1 aromatic rings. The third-order valence-corrected chi connectivity index (χ3v) is 5.74. The van der Waals surface area contributed by atoms with Gasteiger partial charge in [-0.25, -0.2) is 0 Å². The average molecular weight is 341 g/mol. The van der Waals surface area contributed by atoms with Gasteiger partial charge in [0, 0.05) is 37.8 Å². The third kappa shape index (κ3) is 4.10. The fourth-order valence-corrected chi connectivity index (χ4v) is 4.67. The molecule has 3 aliphatic heterocycles. The Morgan fingerprint density at radius 3 is 2.64 bits per heavy atom. The lowest BCUT2D eigenvalue weighted by atomic mass is 9.73. The predicted molar refractivity (Wildman–Crippen MR) is 102 cm³/mol. The Kier molecular flexibility index (Phi) is 5.54. The molecule has 136 valence electrons. The van der Waals surface area contributed by atoms with E-state index in [2.05, 4.69) is 54.0 Å². The molecule has 4 nitrogen and oxygen atoms in total. The van der Waals surface area contributed by atoms with E-state index in [9.17, 15) is 0 Å². The van der Waals surface area contributed by atoms with Crippen molar-refractivity contribution in [3.8, 4) is 11.8 Å². The summed E-state index contributed by atoms with van der Waals surface area (Å²) < 4.78 is 5.59. The molecule has 0 amide bonds. The zero-order valence-electron chi connectivity index (χ0n) is 15.9. The SMILES string of the molecule is CCOc1ccc(N2C[C@H]3CN(CCCC#N)C[C@@H]2C(C)(C)C3)cc1. The van der Waals surface area contributed by atoms with Crippen LogP contribution in [0.3, 0.4) is 0 Å². The summed E-state index contributed by atoms with van der Waals surface area (Å²) in [5, 5.41) is 8.82. The van der Waals surface area contributed by atoms with Crippen LogP contribution in [0.1, 0.15) is 40.0 Å². The Hall–Kier alpha value is -1.73. The van der Waals surface area contributed by atoms with Gasteiger partial charge in [0.1, 0.15) is 5.75 Å². The Labute approximate surface area is 152 Å². The van der Waals surface area contributed by atoms with Gasteiger partial charge in [0.15, 0.2) is 0 Å². The normalized spacial score (nSPS) is 25.4. The van der Waals surface area contributed by atoms with E-state index in [0.717, 1.165) is 31.8 Å². The molecule has 0 saturated carbocycles. The summed E-state index contributed by atoms with van der Waals surface area (Å²) in [6.45, 7) is 12.0. The van der Waals surface area contributed by atoms with Crippen molar-refractivity contribution in [3.63, 3.8) is 0 Å². The highest BCUT2D eigenvalue weighted by atomic mass is 16.5. The summed E-state index contributed by atoms with van der Waals surface area (Å²) in [6, 6.07) is 11.4. The Morgan fingerprint density at radius 2 is 1.96 bits per heavy atom. The van der Waals surface area contributed by atoms with Crippen molar-refractivity contribution in [1.82, 2.24) is 4.90 Å². The van der Waals surface area contributed by atoms with Crippen molar-refractivity contribution in [3.05, 3.63) is 24.3 Å². The molecule has 1 aromatic carbocycles. The van der Waals surface area contributed by atoms with Gasteiger partial charge in [-0.15, -0.1) is 0 Å². The zero-order chi connectivity index (χ0) is 17.9. The first-order valence-corrected chi connectivity index (χ1v) is 9.62. The Bertz CT molecular complexity index is 605. The van der Waals surface area contributed by atoms with Crippen molar-refractivity contribution in [2.45, 2.75) is 46.1 Å². The number of nitriles is 1. The van der Waals surface area contributed by atoms with E-state index in [1.807, 2.05) is 6.92 Å². The molecule has 2 atom stereocenters. The highest BCUT2D eigenvalue weighted by molar-refractivity contribution is 5.51. The quantitative estimate of drug-likeness (QED) is 0.735. The van der Waals surface area contributed by atoms with E-state index in [1.165, 1.54) is 18.7 Å². The number of ether oxygens (including phenoxy) is 1. The second kappa shape index (κ2) is 7.66. The fraction of sp³-hybridized carbons (Fsp3) is 0.667. The van der Waals surface area contributed by atoms with Gasteiger partial charge in [0.2, 0.25) is 0 Å². The lowest BCUT2D eigenvalue weighted by Gasteiger charge is -2.48. The molecule has 0 unspecified atom stereocenters. The number of rotatable bonds is 6. The summed E-state index contributed by atoms with van der Waals surface area (Å²) in [6.07, 6.45) is 2.94. The third-order valence-electron chi connectivity index (χ3n) is 5.74. The van der Waals surface area contributed by atoms with E-state index in [4.69, 9.17) is 10.00 Å². The van der Waals surface area contributed by atoms with E-state index in [-0.39, 0.29) is 0 Å². The Morgan fingerprint density at radius 1 is 1.20 bits per heavy atom. The number of anilines is 1. The number of hydrogen-bond acceptors (Lipinski definition) is 4. The number of benzene rings is 1. The number of fused-ring (bicyclic) bond motifs is 4. The maximum atomic E-state index is 8.82. The molecule has 3 saturated heterocycles. The van der Waals surface area contributed by atoms with Crippen LogP contribution in [0.25, 0.3) is 0 Å². The van der Waals surface area contributed by atoms with Crippen molar-refractivity contribution >= 4 is 5.69 Å². The minimum absolute atomic E-state index is 0.311. The maximum absolute atomic E-state index is 8.82. The van der Waals surface area contributed by atoms with Crippen LogP contribution in [-0.2, 0) is 0 Å². The van der Waals surface area contributed by atoms with Gasteiger partial charge in [-0.2, -0.15) is 5.26 Å². The highest BCUT2D eigenvalue weighted by Gasteiger charge is 2.45. The van der Waals surface area contributed by atoms with Crippen molar-refractivity contribution in [1.29, 1.82) is 5.26 Å². The summed E-state index contributed by atoms with van der Waals surface area (Å²) in [7, 11) is 0. The van der Waals surface area contributed by atoms with Crippen molar-refractivity contribution in [2.75, 3.05) is 37.7 Å². The lowest BCUT2D eigenvalue weighted by Crippen LogP contribution is -2.53. The molecule has 3 aliphatic rings. The van der Waals surface area contributed by atoms with Gasteiger partial charge in [0.25, 0.3) is 0 Å². The van der Waals surface area contributed by atoms with E-state index >= 15 is 0 Å². The first kappa shape index (κ1) is 18.1. The van der Waals surface area contributed by atoms with Crippen LogP contribution in [0.5, 0.6) is 5.75 Å². The summed E-state index contributed by atoms with van der Waals surface area (Å²) >= 11 is 0. The molecule has 0 spiro atoms. The van der Waals surface area contributed by atoms with Crippen LogP contribution >= 0.6 is 0 Å². The monoisotopic (exact) mass is 341 g/mol. The average Bonchev–Trinajstić information content (AvgIpc) is 2.82. The minimum Gasteiger partial charge on any atom is -0.494 e. The van der Waals surface area contributed by atoms with Gasteiger partial charge < -0.3 is 14.5 Å². The van der Waals surface area contributed by atoms with E-state index in [1.54, 1.807) is 0 Å². The van der Waals surface area contributed by atoms with Crippen LogP contribution in [0.4, 0.5) is 5.69 Å². The van der Waals surface area contributed by atoms with Gasteiger partial charge in [-0.05, 0) is 61.9 Å². The van der Waals surface area contributed by atoms with Crippen LogP contribution in [0.2, 0.25) is 0 Å². The summed E-state index contributed by atoms with van der Waals surface area (Å²) in [4.78, 5) is 5.21. The lowest BCUT2D eigenvalue weighted by molar-refractivity contribution is 0.190. The zero-order valence-corrected chi connectivity index (χ0v) is 15.9. The molecule has 4 rings (SSSR count). The molecular formula is C21H31N3O. The van der Waals surface area contributed by atoms with E-state index in [0.29, 0.717) is 30.4 Å². The molecular weight excluding hydrogens is 310 g/mol. The fourth-order valence-electron chi connectivity index (χ4n) is 4.67. The van der Waals surface area contributed by atoms with Gasteiger partial charge in [0.05, 0.1) is 12.7 Å². The van der Waals surface area contributed by atoms with Gasteiger partial charge in [-0.1, -0.05) is 13.8 Å². The number of nitrogens with zero attached hydrogens (tertiary/aromatic N) is 3. The molecule has 0 aliphatic carbocycles. The summed E-state index contributed by atoms with van der Waals surface area (Å²) in [5.41, 5.74) is 1.62. The predicted octanol–water partition coefficient (Wildman–Crippen LogP) is 3.93. The van der Waals surface area contributed by atoms with Crippen LogP contribution in [-0.4, -0.2) is 43.7 Å². The summed E-state index contributed by atoms with van der Waals surface area (Å²) in [5.74, 6) is 1.64. The molecule has 4 heteroatoms. The molecule has 0 N–H and O–H groups in total. The molecule has 2 bridgehead atoms. The standard InChI is InChI=1S/C21H31N3O/c1-4-25-19-9-7-18(8-10-19)24-15-17-13-21(2,3)20(24)16-23(14-17)12-6-5-11-22/h7-10,17,20H,4-6,12-16H2,1-3H3/t17-,20-/m1/s1. The van der Waals surface area contributed by atoms with Crippen LogP contribution in [0.15, 0.2) is 24.3 Å². The van der Waals surface area contributed by atoms with E-state index < -0.39 is 0 Å². The molecule has 25 heavy (non-hydrogen) atoms. The number of hydrogen-bond donors (Lipinski definition) is 0.